The minimum atomic E-state index is -0.856. The van der Waals surface area contributed by atoms with Crippen LogP contribution < -0.4 is 11.1 Å². The molecule has 1 saturated heterocycles. The van der Waals surface area contributed by atoms with Gasteiger partial charge in [0.1, 0.15) is 11.6 Å². The van der Waals surface area contributed by atoms with Crippen molar-refractivity contribution in [2.45, 2.75) is 50.6 Å². The summed E-state index contributed by atoms with van der Waals surface area (Å²) in [5.74, 6) is -2.12. The van der Waals surface area contributed by atoms with Crippen LogP contribution in [0.25, 0.3) is 0 Å². The number of hydrogen-bond donors (Lipinski definition) is 2. The Morgan fingerprint density at radius 3 is 2.31 bits per heavy atom. The first-order valence-corrected chi connectivity index (χ1v) is 9.24. The topological polar surface area (TPSA) is 75.4 Å². The Labute approximate surface area is 151 Å². The number of hydrogen-bond acceptors (Lipinski definition) is 3. The van der Waals surface area contributed by atoms with Crippen LogP contribution in [0.5, 0.6) is 0 Å². The predicted molar refractivity (Wildman–Crippen MR) is 93.4 cm³/mol. The Morgan fingerprint density at radius 1 is 1.04 bits per heavy atom. The summed E-state index contributed by atoms with van der Waals surface area (Å²) >= 11 is 0. The van der Waals surface area contributed by atoms with E-state index >= 15 is 0 Å². The molecule has 142 valence electrons. The Balaban J connectivity index is 1.50. The molecule has 0 unspecified atom stereocenters. The maximum Gasteiger partial charge on any atom is 0.256 e. The summed E-state index contributed by atoms with van der Waals surface area (Å²) in [6.07, 6.45) is 4.78. The van der Waals surface area contributed by atoms with Gasteiger partial charge in [0.05, 0.1) is 5.56 Å². The van der Waals surface area contributed by atoms with Crippen molar-refractivity contribution in [3.63, 3.8) is 0 Å². The first-order chi connectivity index (χ1) is 12.4. The zero-order valence-electron chi connectivity index (χ0n) is 14.7. The second-order valence-corrected chi connectivity index (χ2v) is 7.31. The van der Waals surface area contributed by atoms with Crippen LogP contribution in [0.2, 0.25) is 0 Å². The average molecular weight is 365 g/mol. The molecule has 7 heteroatoms. The predicted octanol–water partition coefficient (Wildman–Crippen LogP) is 2.20. The number of carbonyl (C=O) groups excluding carboxylic acids is 2. The Hall–Kier alpha value is -2.02. The highest BCUT2D eigenvalue weighted by Gasteiger charge is 2.30. The number of halogens is 2. The van der Waals surface area contributed by atoms with E-state index in [9.17, 15) is 18.4 Å². The molecule has 1 aromatic rings. The van der Waals surface area contributed by atoms with E-state index in [0.29, 0.717) is 32.0 Å². The summed E-state index contributed by atoms with van der Waals surface area (Å²) in [4.78, 5) is 26.4. The van der Waals surface area contributed by atoms with Crippen LogP contribution >= 0.6 is 0 Å². The highest BCUT2D eigenvalue weighted by molar-refractivity contribution is 5.94. The third kappa shape index (κ3) is 4.38. The third-order valence-electron chi connectivity index (χ3n) is 5.43. The molecule has 26 heavy (non-hydrogen) atoms. The van der Waals surface area contributed by atoms with Crippen LogP contribution in [0, 0.1) is 17.6 Å². The van der Waals surface area contributed by atoms with Gasteiger partial charge in [-0.1, -0.05) is 0 Å². The van der Waals surface area contributed by atoms with Crippen molar-refractivity contribution in [2.75, 3.05) is 13.1 Å². The van der Waals surface area contributed by atoms with Crippen LogP contribution in [0.15, 0.2) is 18.2 Å². The molecule has 2 amide bonds. The average Bonchev–Trinajstić information content (AvgIpc) is 2.63. The summed E-state index contributed by atoms with van der Waals surface area (Å²) < 4.78 is 26.8. The van der Waals surface area contributed by atoms with E-state index in [-0.39, 0.29) is 29.5 Å². The first-order valence-electron chi connectivity index (χ1n) is 9.24. The number of carbonyl (C=O) groups is 2. The summed E-state index contributed by atoms with van der Waals surface area (Å²) in [6, 6.07) is 3.38. The van der Waals surface area contributed by atoms with E-state index in [4.69, 9.17) is 5.73 Å². The molecule has 1 aliphatic carbocycles. The second-order valence-electron chi connectivity index (χ2n) is 7.31. The number of nitrogens with zero attached hydrogens (tertiary/aromatic N) is 1. The lowest BCUT2D eigenvalue weighted by molar-refractivity contribution is -0.127. The van der Waals surface area contributed by atoms with Crippen molar-refractivity contribution >= 4 is 11.8 Å². The van der Waals surface area contributed by atoms with Gasteiger partial charge < -0.3 is 16.0 Å². The van der Waals surface area contributed by atoms with E-state index in [1.165, 1.54) is 11.0 Å². The molecule has 1 heterocycles. The fraction of sp³-hybridized carbons (Fsp3) is 0.579. The van der Waals surface area contributed by atoms with Gasteiger partial charge in [-0.15, -0.1) is 0 Å². The number of nitrogens with two attached hydrogens (primary N) is 1. The lowest BCUT2D eigenvalue weighted by atomic mass is 9.90. The molecule has 0 atom stereocenters. The van der Waals surface area contributed by atoms with Gasteiger partial charge in [0.2, 0.25) is 5.91 Å². The number of nitrogens with one attached hydrogen (secondary N) is 1. The molecule has 0 radical (unpaired) electrons. The van der Waals surface area contributed by atoms with Gasteiger partial charge in [-0.2, -0.15) is 0 Å². The highest BCUT2D eigenvalue weighted by atomic mass is 19.1. The minimum absolute atomic E-state index is 0.0329. The fourth-order valence-corrected chi connectivity index (χ4v) is 3.76. The van der Waals surface area contributed by atoms with Crippen LogP contribution in [0.4, 0.5) is 8.78 Å². The largest absolute Gasteiger partial charge is 0.353 e. The molecule has 1 aromatic carbocycles. The lowest BCUT2D eigenvalue weighted by Gasteiger charge is -2.33. The number of amides is 2. The molecule has 1 saturated carbocycles. The van der Waals surface area contributed by atoms with E-state index in [0.717, 1.165) is 31.7 Å². The zero-order chi connectivity index (χ0) is 18.7. The molecular weight excluding hydrogens is 340 g/mol. The molecule has 2 fully saturated rings. The first kappa shape index (κ1) is 18.8. The maximum absolute atomic E-state index is 13.8. The van der Waals surface area contributed by atoms with Crippen molar-refractivity contribution < 1.29 is 18.4 Å². The normalized spacial score (nSPS) is 24.3. The van der Waals surface area contributed by atoms with E-state index in [1.54, 1.807) is 0 Å². The van der Waals surface area contributed by atoms with E-state index < -0.39 is 17.5 Å². The standard InChI is InChI=1S/C19H25F2N3O2/c20-13-1-6-16(17(21)11-13)19(26)24-9-7-12(8-10-24)18(25)23-15-4-2-14(22)3-5-15/h1,6,11-12,14-15H,2-5,7-10,22H2,(H,23,25). The van der Waals surface area contributed by atoms with Crippen molar-refractivity contribution in [3.8, 4) is 0 Å². The zero-order valence-corrected chi connectivity index (χ0v) is 14.7. The molecule has 0 bridgehead atoms. The summed E-state index contributed by atoms with van der Waals surface area (Å²) in [5, 5.41) is 3.10. The molecule has 1 aliphatic heterocycles. The fourth-order valence-electron chi connectivity index (χ4n) is 3.76. The van der Waals surface area contributed by atoms with Gasteiger partial charge in [-0.3, -0.25) is 9.59 Å². The number of likely N-dealkylation sites (tertiary alicyclic amines) is 1. The maximum atomic E-state index is 13.8. The quantitative estimate of drug-likeness (QED) is 0.862. The lowest BCUT2D eigenvalue weighted by Crippen LogP contribution is -2.47. The summed E-state index contributed by atoms with van der Waals surface area (Å²) in [7, 11) is 0. The molecule has 5 nitrogen and oxygen atoms in total. The molecular formula is C19H25F2N3O2. The van der Waals surface area contributed by atoms with Gasteiger partial charge in [-0.25, -0.2) is 8.78 Å². The minimum Gasteiger partial charge on any atom is -0.353 e. The van der Waals surface area contributed by atoms with Crippen molar-refractivity contribution in [2.24, 2.45) is 11.7 Å². The Morgan fingerprint density at radius 2 is 1.69 bits per heavy atom. The van der Waals surface area contributed by atoms with Crippen LogP contribution in [0.1, 0.15) is 48.9 Å². The van der Waals surface area contributed by atoms with Gasteiger partial charge in [-0.05, 0) is 50.7 Å². The number of rotatable bonds is 3. The van der Waals surface area contributed by atoms with Crippen molar-refractivity contribution in [3.05, 3.63) is 35.4 Å². The second kappa shape index (κ2) is 8.12. The highest BCUT2D eigenvalue weighted by Crippen LogP contribution is 2.22. The van der Waals surface area contributed by atoms with Crippen LogP contribution in [-0.4, -0.2) is 41.9 Å². The molecule has 3 rings (SSSR count). The van der Waals surface area contributed by atoms with Crippen LogP contribution in [0.3, 0.4) is 0 Å². The number of benzene rings is 1. The molecule has 3 N–H and O–H groups in total. The van der Waals surface area contributed by atoms with Crippen molar-refractivity contribution in [1.29, 1.82) is 0 Å². The smallest absolute Gasteiger partial charge is 0.256 e. The third-order valence-corrected chi connectivity index (χ3v) is 5.43. The van der Waals surface area contributed by atoms with Gasteiger partial charge in [0.15, 0.2) is 0 Å². The van der Waals surface area contributed by atoms with E-state index in [1.807, 2.05) is 0 Å². The van der Waals surface area contributed by atoms with Gasteiger partial charge in [0, 0.05) is 37.2 Å². The Kier molecular flexibility index (Phi) is 5.86. The van der Waals surface area contributed by atoms with Crippen LogP contribution in [-0.2, 0) is 4.79 Å². The van der Waals surface area contributed by atoms with Gasteiger partial charge >= 0.3 is 0 Å². The molecule has 0 aromatic heterocycles. The van der Waals surface area contributed by atoms with Crippen molar-refractivity contribution in [1.82, 2.24) is 10.2 Å². The number of piperidine rings is 1. The summed E-state index contributed by atoms with van der Waals surface area (Å²) in [6.45, 7) is 0.784. The van der Waals surface area contributed by atoms with Gasteiger partial charge in [0.25, 0.3) is 5.91 Å². The SMILES string of the molecule is NC1CCC(NC(=O)C2CCN(C(=O)c3ccc(F)cc3F)CC2)CC1. The Bertz CT molecular complexity index is 667. The molecule has 0 spiro atoms. The molecule has 2 aliphatic rings. The van der Waals surface area contributed by atoms with E-state index in [2.05, 4.69) is 5.32 Å². The monoisotopic (exact) mass is 365 g/mol. The summed E-state index contributed by atoms with van der Waals surface area (Å²) in [5.41, 5.74) is 5.75.